The van der Waals surface area contributed by atoms with Crippen molar-refractivity contribution in [1.29, 1.82) is 0 Å². The average Bonchev–Trinajstić information content (AvgIpc) is 3.12. The molecule has 1 atom stereocenters. The minimum atomic E-state index is -0.297. The monoisotopic (exact) mass is 275 g/mol. The van der Waals surface area contributed by atoms with E-state index in [2.05, 4.69) is 16.7 Å². The summed E-state index contributed by atoms with van der Waals surface area (Å²) < 4.78 is 2.08. The summed E-state index contributed by atoms with van der Waals surface area (Å²) in [6.07, 6.45) is 6.04. The fourth-order valence-electron chi connectivity index (χ4n) is 2.39. The van der Waals surface area contributed by atoms with E-state index in [1.807, 2.05) is 31.5 Å². The van der Waals surface area contributed by atoms with Crippen molar-refractivity contribution in [2.24, 2.45) is 5.92 Å². The molecule has 1 N–H and O–H groups in total. The zero-order chi connectivity index (χ0) is 13.4. The lowest BCUT2D eigenvalue weighted by Gasteiger charge is -2.08. The third kappa shape index (κ3) is 2.85. The second-order valence-corrected chi connectivity index (χ2v) is 5.90. The fourth-order valence-corrected chi connectivity index (χ4v) is 2.69. The second-order valence-electron chi connectivity index (χ2n) is 5.49. The fraction of sp³-hybridized carbons (Fsp3) is 0.375. The molecule has 100 valence electrons. The summed E-state index contributed by atoms with van der Waals surface area (Å²) in [5.74, 6) is 0.471. The van der Waals surface area contributed by atoms with Crippen LogP contribution in [-0.4, -0.2) is 9.67 Å². The van der Waals surface area contributed by atoms with Gasteiger partial charge in [0.25, 0.3) is 0 Å². The summed E-state index contributed by atoms with van der Waals surface area (Å²) in [5.41, 5.74) is 3.30. The van der Waals surface area contributed by atoms with Crippen LogP contribution < -0.4 is 0 Å². The number of aromatic nitrogens is 1. The first-order valence-electron chi connectivity index (χ1n) is 6.72. The largest absolute Gasteiger partial charge is 0.388 e. The van der Waals surface area contributed by atoms with Gasteiger partial charge in [-0.25, -0.2) is 0 Å². The number of nitrogens with zero attached hydrogens (tertiary/aromatic N) is 1. The Labute approximate surface area is 118 Å². The van der Waals surface area contributed by atoms with Crippen molar-refractivity contribution in [3.05, 3.63) is 58.4 Å². The molecule has 0 bridgehead atoms. The summed E-state index contributed by atoms with van der Waals surface area (Å²) in [4.78, 5) is 0. The highest BCUT2D eigenvalue weighted by Gasteiger charge is 2.31. The van der Waals surface area contributed by atoms with Gasteiger partial charge in [-0.15, -0.1) is 0 Å². The number of rotatable bonds is 4. The van der Waals surface area contributed by atoms with Crippen LogP contribution in [0, 0.1) is 12.8 Å². The Kier molecular flexibility index (Phi) is 3.38. The lowest BCUT2D eigenvalue weighted by atomic mass is 10.1. The van der Waals surface area contributed by atoms with E-state index in [1.165, 1.54) is 5.56 Å². The van der Waals surface area contributed by atoms with Crippen LogP contribution in [0.4, 0.5) is 0 Å². The predicted octanol–water partition coefficient (Wildman–Crippen LogP) is 3.94. The van der Waals surface area contributed by atoms with E-state index in [9.17, 15) is 5.11 Å². The molecule has 1 heterocycles. The van der Waals surface area contributed by atoms with E-state index in [0.29, 0.717) is 5.92 Å². The molecule has 1 aromatic carbocycles. The molecule has 1 aliphatic carbocycles. The van der Waals surface area contributed by atoms with Crippen LogP contribution in [0.15, 0.2) is 36.7 Å². The SMILES string of the molecule is Cc1ccc(Cn2ccc(C(O)C3CC3)c2)c(Cl)c1. The Morgan fingerprint density at radius 3 is 2.84 bits per heavy atom. The minimum Gasteiger partial charge on any atom is -0.388 e. The quantitative estimate of drug-likeness (QED) is 0.898. The van der Waals surface area contributed by atoms with E-state index in [0.717, 1.165) is 35.5 Å². The maximum absolute atomic E-state index is 10.1. The molecule has 2 aromatic rings. The maximum Gasteiger partial charge on any atom is 0.0832 e. The zero-order valence-electron chi connectivity index (χ0n) is 11.0. The number of halogens is 1. The van der Waals surface area contributed by atoms with Crippen molar-refractivity contribution in [3.63, 3.8) is 0 Å². The highest BCUT2D eigenvalue weighted by Crippen LogP contribution is 2.40. The lowest BCUT2D eigenvalue weighted by molar-refractivity contribution is 0.154. The molecule has 3 rings (SSSR count). The molecule has 1 saturated carbocycles. The number of aliphatic hydroxyl groups excluding tert-OH is 1. The van der Waals surface area contributed by atoms with Crippen LogP contribution in [0.1, 0.15) is 35.6 Å². The van der Waals surface area contributed by atoms with Gasteiger partial charge in [0.05, 0.1) is 6.10 Å². The number of aryl methyl sites for hydroxylation is 1. The van der Waals surface area contributed by atoms with Crippen LogP contribution in [-0.2, 0) is 6.54 Å². The van der Waals surface area contributed by atoms with Crippen LogP contribution in [0.3, 0.4) is 0 Å². The van der Waals surface area contributed by atoms with Crippen molar-refractivity contribution in [2.75, 3.05) is 0 Å². The zero-order valence-corrected chi connectivity index (χ0v) is 11.8. The second kappa shape index (κ2) is 5.03. The summed E-state index contributed by atoms with van der Waals surface area (Å²) in [6.45, 7) is 2.78. The van der Waals surface area contributed by atoms with Gasteiger partial charge in [-0.3, -0.25) is 0 Å². The highest BCUT2D eigenvalue weighted by molar-refractivity contribution is 6.31. The van der Waals surface area contributed by atoms with Crippen molar-refractivity contribution >= 4 is 11.6 Å². The van der Waals surface area contributed by atoms with Gasteiger partial charge < -0.3 is 9.67 Å². The van der Waals surface area contributed by atoms with Gasteiger partial charge in [0.1, 0.15) is 0 Å². The molecule has 0 aliphatic heterocycles. The van der Waals surface area contributed by atoms with Crippen molar-refractivity contribution in [2.45, 2.75) is 32.4 Å². The molecule has 2 nitrogen and oxygen atoms in total. The maximum atomic E-state index is 10.1. The molecule has 1 unspecified atom stereocenters. The number of benzene rings is 1. The topological polar surface area (TPSA) is 25.2 Å². The van der Waals surface area contributed by atoms with Gasteiger partial charge in [0.2, 0.25) is 0 Å². The Hall–Kier alpha value is -1.25. The van der Waals surface area contributed by atoms with E-state index < -0.39 is 0 Å². The van der Waals surface area contributed by atoms with Crippen molar-refractivity contribution < 1.29 is 5.11 Å². The summed E-state index contributed by atoms with van der Waals surface area (Å²) in [6, 6.07) is 8.13. The molecular weight excluding hydrogens is 258 g/mol. The summed E-state index contributed by atoms with van der Waals surface area (Å²) >= 11 is 6.25. The van der Waals surface area contributed by atoms with E-state index in [4.69, 9.17) is 11.6 Å². The van der Waals surface area contributed by atoms with Crippen molar-refractivity contribution in [1.82, 2.24) is 4.57 Å². The lowest BCUT2D eigenvalue weighted by Crippen LogP contribution is -2.00. The number of aliphatic hydroxyl groups is 1. The molecule has 1 fully saturated rings. The molecular formula is C16H18ClNO. The predicted molar refractivity (Wildman–Crippen MR) is 77.4 cm³/mol. The Balaban J connectivity index is 1.76. The third-order valence-electron chi connectivity index (χ3n) is 3.74. The molecule has 1 aliphatic rings. The smallest absolute Gasteiger partial charge is 0.0832 e. The molecule has 0 spiro atoms. The van der Waals surface area contributed by atoms with Gasteiger partial charge in [0, 0.05) is 24.0 Å². The molecule has 0 radical (unpaired) electrons. The highest BCUT2D eigenvalue weighted by atomic mass is 35.5. The molecule has 3 heteroatoms. The van der Waals surface area contributed by atoms with Crippen LogP contribution in [0.25, 0.3) is 0 Å². The van der Waals surface area contributed by atoms with Crippen LogP contribution >= 0.6 is 11.6 Å². The summed E-state index contributed by atoms with van der Waals surface area (Å²) in [5, 5.41) is 10.9. The van der Waals surface area contributed by atoms with Gasteiger partial charge in [0.15, 0.2) is 0 Å². The molecule has 0 saturated heterocycles. The first-order chi connectivity index (χ1) is 9.13. The van der Waals surface area contributed by atoms with Gasteiger partial charge >= 0.3 is 0 Å². The van der Waals surface area contributed by atoms with Crippen LogP contribution in [0.2, 0.25) is 5.02 Å². The first-order valence-corrected chi connectivity index (χ1v) is 7.10. The molecule has 0 amide bonds. The standard InChI is InChI=1S/C16H18ClNO/c1-11-2-3-13(15(17)8-11)9-18-7-6-14(10-18)16(19)12-4-5-12/h2-3,6-8,10,12,16,19H,4-5,9H2,1H3. The Bertz CT molecular complexity index is 586. The van der Waals surface area contributed by atoms with Gasteiger partial charge in [-0.1, -0.05) is 23.7 Å². The van der Waals surface area contributed by atoms with Crippen molar-refractivity contribution in [3.8, 4) is 0 Å². The third-order valence-corrected chi connectivity index (χ3v) is 4.10. The Morgan fingerprint density at radius 2 is 2.16 bits per heavy atom. The summed E-state index contributed by atoms with van der Waals surface area (Å²) in [7, 11) is 0. The average molecular weight is 276 g/mol. The molecule has 1 aromatic heterocycles. The Morgan fingerprint density at radius 1 is 1.37 bits per heavy atom. The number of hydrogen-bond donors (Lipinski definition) is 1. The van der Waals surface area contributed by atoms with Crippen LogP contribution in [0.5, 0.6) is 0 Å². The molecule has 19 heavy (non-hydrogen) atoms. The minimum absolute atomic E-state index is 0.297. The van der Waals surface area contributed by atoms with E-state index >= 15 is 0 Å². The van der Waals surface area contributed by atoms with Gasteiger partial charge in [-0.05, 0) is 54.5 Å². The number of hydrogen-bond acceptors (Lipinski definition) is 1. The van der Waals surface area contributed by atoms with E-state index in [1.54, 1.807) is 0 Å². The van der Waals surface area contributed by atoms with E-state index in [-0.39, 0.29) is 6.10 Å². The first kappa shape index (κ1) is 12.8. The van der Waals surface area contributed by atoms with Gasteiger partial charge in [-0.2, -0.15) is 0 Å². The normalized spacial score (nSPS) is 16.6.